The van der Waals surface area contributed by atoms with Crippen LogP contribution in [0.25, 0.3) is 0 Å². The van der Waals surface area contributed by atoms with Crippen LogP contribution in [-0.2, 0) is 6.42 Å². The molecule has 0 fully saturated rings. The predicted octanol–water partition coefficient (Wildman–Crippen LogP) is 2.42. The number of rotatable bonds is 7. The number of carbonyl (C=O) groups excluding carboxylic acids is 1. The minimum absolute atomic E-state index is 0.145. The van der Waals surface area contributed by atoms with Crippen LogP contribution in [-0.4, -0.2) is 29.7 Å². The Labute approximate surface area is 119 Å². The van der Waals surface area contributed by atoms with E-state index >= 15 is 0 Å². The van der Waals surface area contributed by atoms with E-state index in [0.717, 1.165) is 18.4 Å². The smallest absolute Gasteiger partial charge is 0.335 e. The van der Waals surface area contributed by atoms with Gasteiger partial charge in [0.2, 0.25) is 0 Å². The van der Waals surface area contributed by atoms with Gasteiger partial charge in [-0.15, -0.1) is 0 Å². The highest BCUT2D eigenvalue weighted by Crippen LogP contribution is 2.08. The van der Waals surface area contributed by atoms with E-state index in [2.05, 4.69) is 17.6 Å². The Hall–Kier alpha value is -2.04. The minimum Gasteiger partial charge on any atom is -0.478 e. The van der Waals surface area contributed by atoms with E-state index in [0.29, 0.717) is 13.0 Å². The molecule has 0 aliphatic heterocycles. The van der Waals surface area contributed by atoms with Crippen LogP contribution in [0, 0.1) is 0 Å². The van der Waals surface area contributed by atoms with Gasteiger partial charge in [0.1, 0.15) is 0 Å². The van der Waals surface area contributed by atoms with Gasteiger partial charge in [-0.25, -0.2) is 9.59 Å². The third-order valence-corrected chi connectivity index (χ3v) is 3.03. The Morgan fingerprint density at radius 3 is 2.65 bits per heavy atom. The topological polar surface area (TPSA) is 78.4 Å². The summed E-state index contributed by atoms with van der Waals surface area (Å²) in [4.78, 5) is 22.6. The standard InChI is InChI=1S/C15H22N2O3/c1-3-6-11(2)17-15(20)16-10-9-12-7-4-5-8-13(12)14(18)19/h4-5,7-8,11H,3,6,9-10H2,1-2H3,(H,18,19)(H2,16,17,20). The van der Waals surface area contributed by atoms with Crippen molar-refractivity contribution in [3.8, 4) is 0 Å². The van der Waals surface area contributed by atoms with Crippen molar-refractivity contribution in [3.63, 3.8) is 0 Å². The first-order chi connectivity index (χ1) is 9.54. The summed E-state index contributed by atoms with van der Waals surface area (Å²) >= 11 is 0. The number of carbonyl (C=O) groups is 2. The van der Waals surface area contributed by atoms with Gasteiger partial charge in [-0.3, -0.25) is 0 Å². The third kappa shape index (κ3) is 5.30. The summed E-state index contributed by atoms with van der Waals surface area (Å²) in [6, 6.07) is 6.76. The summed E-state index contributed by atoms with van der Waals surface area (Å²) < 4.78 is 0. The Kier molecular flexibility index (Phi) is 6.56. The zero-order chi connectivity index (χ0) is 15.0. The van der Waals surface area contributed by atoms with Crippen LogP contribution in [0.2, 0.25) is 0 Å². The molecular formula is C15H22N2O3. The van der Waals surface area contributed by atoms with E-state index in [4.69, 9.17) is 5.11 Å². The van der Waals surface area contributed by atoms with Gasteiger partial charge in [0.25, 0.3) is 0 Å². The molecular weight excluding hydrogens is 256 g/mol. The zero-order valence-corrected chi connectivity index (χ0v) is 12.0. The Balaban J connectivity index is 2.41. The average Bonchev–Trinajstić information content (AvgIpc) is 2.39. The highest BCUT2D eigenvalue weighted by Gasteiger charge is 2.09. The van der Waals surface area contributed by atoms with E-state index in [-0.39, 0.29) is 17.6 Å². The van der Waals surface area contributed by atoms with Crippen LogP contribution in [0.4, 0.5) is 4.79 Å². The number of benzene rings is 1. The summed E-state index contributed by atoms with van der Waals surface area (Å²) in [5.74, 6) is -0.943. The van der Waals surface area contributed by atoms with Gasteiger partial charge in [-0.05, 0) is 31.4 Å². The molecule has 0 aromatic heterocycles. The molecule has 0 radical (unpaired) electrons. The van der Waals surface area contributed by atoms with Crippen molar-refractivity contribution in [2.45, 2.75) is 39.2 Å². The van der Waals surface area contributed by atoms with Crippen LogP contribution in [0.5, 0.6) is 0 Å². The van der Waals surface area contributed by atoms with Crippen molar-refractivity contribution in [1.29, 1.82) is 0 Å². The summed E-state index contributed by atoms with van der Waals surface area (Å²) in [7, 11) is 0. The fraction of sp³-hybridized carbons (Fsp3) is 0.467. The molecule has 110 valence electrons. The summed E-state index contributed by atoms with van der Waals surface area (Å²) in [5.41, 5.74) is 1.01. The molecule has 0 aliphatic carbocycles. The Morgan fingerprint density at radius 1 is 1.30 bits per heavy atom. The lowest BCUT2D eigenvalue weighted by atomic mass is 10.0. The molecule has 20 heavy (non-hydrogen) atoms. The second-order valence-corrected chi connectivity index (χ2v) is 4.80. The number of carboxylic acid groups (broad SMARTS) is 1. The monoisotopic (exact) mass is 278 g/mol. The SMILES string of the molecule is CCCC(C)NC(=O)NCCc1ccccc1C(=O)O. The van der Waals surface area contributed by atoms with Crippen LogP contribution in [0.1, 0.15) is 42.6 Å². The molecule has 1 unspecified atom stereocenters. The molecule has 2 amide bonds. The molecule has 5 heteroatoms. The van der Waals surface area contributed by atoms with E-state index < -0.39 is 5.97 Å². The molecule has 0 bridgehead atoms. The van der Waals surface area contributed by atoms with Crippen molar-refractivity contribution in [1.82, 2.24) is 10.6 Å². The van der Waals surface area contributed by atoms with Crippen LogP contribution >= 0.6 is 0 Å². The van der Waals surface area contributed by atoms with Crippen LogP contribution < -0.4 is 10.6 Å². The zero-order valence-electron chi connectivity index (χ0n) is 12.0. The van der Waals surface area contributed by atoms with Crippen molar-refractivity contribution in [2.75, 3.05) is 6.54 Å². The largest absolute Gasteiger partial charge is 0.478 e. The fourth-order valence-electron chi connectivity index (χ4n) is 2.04. The van der Waals surface area contributed by atoms with E-state index in [1.165, 1.54) is 0 Å². The van der Waals surface area contributed by atoms with Gasteiger partial charge in [0, 0.05) is 12.6 Å². The average molecular weight is 278 g/mol. The van der Waals surface area contributed by atoms with E-state index in [1.807, 2.05) is 6.92 Å². The molecule has 0 aliphatic rings. The third-order valence-electron chi connectivity index (χ3n) is 3.03. The molecule has 3 N–H and O–H groups in total. The van der Waals surface area contributed by atoms with Gasteiger partial charge < -0.3 is 15.7 Å². The Bertz CT molecular complexity index is 460. The maximum Gasteiger partial charge on any atom is 0.335 e. The predicted molar refractivity (Wildman–Crippen MR) is 78.0 cm³/mol. The molecule has 1 rings (SSSR count). The lowest BCUT2D eigenvalue weighted by Gasteiger charge is -2.14. The lowest BCUT2D eigenvalue weighted by Crippen LogP contribution is -2.41. The number of aromatic carboxylic acids is 1. The van der Waals surface area contributed by atoms with Gasteiger partial charge in [0.15, 0.2) is 0 Å². The molecule has 1 atom stereocenters. The fourth-order valence-corrected chi connectivity index (χ4v) is 2.04. The maximum absolute atomic E-state index is 11.6. The highest BCUT2D eigenvalue weighted by molar-refractivity contribution is 5.89. The van der Waals surface area contributed by atoms with E-state index in [9.17, 15) is 9.59 Å². The first-order valence-electron chi connectivity index (χ1n) is 6.90. The van der Waals surface area contributed by atoms with Crippen molar-refractivity contribution >= 4 is 12.0 Å². The second kappa shape index (κ2) is 8.19. The second-order valence-electron chi connectivity index (χ2n) is 4.80. The molecule has 0 saturated heterocycles. The van der Waals surface area contributed by atoms with Crippen molar-refractivity contribution in [2.24, 2.45) is 0 Å². The van der Waals surface area contributed by atoms with Gasteiger partial charge in [0.05, 0.1) is 5.56 Å². The van der Waals surface area contributed by atoms with E-state index in [1.54, 1.807) is 24.3 Å². The summed E-state index contributed by atoms with van der Waals surface area (Å²) in [5, 5.41) is 14.6. The number of carboxylic acids is 1. The number of urea groups is 1. The van der Waals surface area contributed by atoms with Crippen LogP contribution in [0.3, 0.4) is 0 Å². The van der Waals surface area contributed by atoms with Crippen molar-refractivity contribution in [3.05, 3.63) is 35.4 Å². The van der Waals surface area contributed by atoms with Crippen molar-refractivity contribution < 1.29 is 14.7 Å². The maximum atomic E-state index is 11.6. The normalized spacial score (nSPS) is 11.7. The van der Waals surface area contributed by atoms with Crippen LogP contribution in [0.15, 0.2) is 24.3 Å². The quantitative estimate of drug-likeness (QED) is 0.716. The molecule has 1 aromatic rings. The van der Waals surface area contributed by atoms with Gasteiger partial charge >= 0.3 is 12.0 Å². The summed E-state index contributed by atoms with van der Waals surface area (Å²) in [6.45, 7) is 4.44. The lowest BCUT2D eigenvalue weighted by molar-refractivity contribution is 0.0695. The number of nitrogens with one attached hydrogen (secondary N) is 2. The molecule has 1 aromatic carbocycles. The van der Waals surface area contributed by atoms with Gasteiger partial charge in [-0.2, -0.15) is 0 Å². The molecule has 0 spiro atoms. The molecule has 5 nitrogen and oxygen atoms in total. The first-order valence-corrected chi connectivity index (χ1v) is 6.90. The summed E-state index contributed by atoms with van der Waals surface area (Å²) in [6.07, 6.45) is 2.46. The number of hydrogen-bond donors (Lipinski definition) is 3. The Morgan fingerprint density at radius 2 is 2.00 bits per heavy atom. The first kappa shape index (κ1) is 16.0. The minimum atomic E-state index is -0.943. The molecule has 0 saturated carbocycles. The highest BCUT2D eigenvalue weighted by atomic mass is 16.4. The van der Waals surface area contributed by atoms with Gasteiger partial charge in [-0.1, -0.05) is 31.5 Å². The number of hydrogen-bond acceptors (Lipinski definition) is 2. The molecule has 0 heterocycles. The number of amides is 2.